The van der Waals surface area contributed by atoms with Crippen LogP contribution in [-0.4, -0.2) is 9.13 Å². The Bertz CT molecular complexity index is 2520. The van der Waals surface area contributed by atoms with Crippen LogP contribution >= 0.6 is 0 Å². The van der Waals surface area contributed by atoms with Gasteiger partial charge in [0.2, 0.25) is 0 Å². The molecule has 0 unspecified atom stereocenters. The second-order valence-corrected chi connectivity index (χ2v) is 11.7. The van der Waals surface area contributed by atoms with Gasteiger partial charge in [-0.3, -0.25) is 0 Å². The normalized spacial score (nSPS) is 11.6. The molecule has 0 amide bonds. The second-order valence-electron chi connectivity index (χ2n) is 11.7. The first-order valence-corrected chi connectivity index (χ1v) is 15.3. The van der Waals surface area contributed by atoms with Crippen LogP contribution in [0, 0.1) is 0 Å². The van der Waals surface area contributed by atoms with Crippen LogP contribution in [0.4, 0.5) is 5.69 Å². The second kappa shape index (κ2) is 10.0. The maximum Gasteiger partial charge on any atom is 0.0541 e. The lowest BCUT2D eigenvalue weighted by molar-refractivity contribution is 1.18. The summed E-state index contributed by atoms with van der Waals surface area (Å²) in [6.45, 7) is 0. The molecule has 0 radical (unpaired) electrons. The molecule has 212 valence electrons. The minimum absolute atomic E-state index is 0.777. The molecule has 2 aromatic heterocycles. The van der Waals surface area contributed by atoms with E-state index in [0.29, 0.717) is 0 Å². The Hall–Kier alpha value is -6.06. The largest absolute Gasteiger partial charge is 0.399 e. The predicted molar refractivity (Wildman–Crippen MR) is 190 cm³/mol. The maximum absolute atomic E-state index is 5.91. The number of nitrogens with two attached hydrogens (primary N) is 1. The van der Waals surface area contributed by atoms with Gasteiger partial charge in [0.05, 0.1) is 22.1 Å². The number of hydrogen-bond donors (Lipinski definition) is 1. The molecule has 3 nitrogen and oxygen atoms in total. The number of fused-ring (bicyclic) bond motifs is 6. The Labute approximate surface area is 261 Å². The first-order chi connectivity index (χ1) is 22.2. The van der Waals surface area contributed by atoms with Gasteiger partial charge < -0.3 is 14.9 Å². The smallest absolute Gasteiger partial charge is 0.0541 e. The van der Waals surface area contributed by atoms with E-state index in [-0.39, 0.29) is 0 Å². The zero-order chi connectivity index (χ0) is 29.9. The van der Waals surface area contributed by atoms with Crippen LogP contribution in [0.1, 0.15) is 0 Å². The van der Waals surface area contributed by atoms with Crippen molar-refractivity contribution in [2.75, 3.05) is 5.73 Å². The van der Waals surface area contributed by atoms with Gasteiger partial charge in [-0.25, -0.2) is 0 Å². The van der Waals surface area contributed by atoms with E-state index in [2.05, 4.69) is 161 Å². The van der Waals surface area contributed by atoms with E-state index in [4.69, 9.17) is 5.73 Å². The van der Waals surface area contributed by atoms with Crippen LogP contribution in [0.15, 0.2) is 164 Å². The Morgan fingerprint density at radius 2 is 0.711 bits per heavy atom. The van der Waals surface area contributed by atoms with Crippen LogP contribution in [-0.2, 0) is 0 Å². The SMILES string of the molecule is Nc1ccc(-c2ccc(-n3c4ccccc4c4cc(-c5ccc6c(c5)c5ccccc5n6-c5ccccc5)ccc43)cc2)cc1. The Kier molecular flexibility index (Phi) is 5.66. The molecule has 0 aliphatic heterocycles. The molecule has 2 N–H and O–H groups in total. The molecule has 0 spiro atoms. The number of nitrogen functional groups attached to an aromatic ring is 1. The number of para-hydroxylation sites is 3. The zero-order valence-corrected chi connectivity index (χ0v) is 24.6. The molecule has 0 bridgehead atoms. The van der Waals surface area contributed by atoms with Crippen molar-refractivity contribution in [1.82, 2.24) is 9.13 Å². The van der Waals surface area contributed by atoms with Gasteiger partial charge in [0, 0.05) is 38.6 Å². The van der Waals surface area contributed by atoms with Crippen molar-refractivity contribution in [1.29, 1.82) is 0 Å². The Morgan fingerprint density at radius 1 is 0.311 bits per heavy atom. The molecular weight excluding hydrogens is 546 g/mol. The molecule has 0 aliphatic rings. The third-order valence-corrected chi connectivity index (χ3v) is 9.06. The highest BCUT2D eigenvalue weighted by atomic mass is 15.0. The van der Waals surface area contributed by atoms with Crippen LogP contribution in [0.3, 0.4) is 0 Å². The lowest BCUT2D eigenvalue weighted by Crippen LogP contribution is -1.94. The molecule has 0 atom stereocenters. The molecule has 0 fully saturated rings. The monoisotopic (exact) mass is 575 g/mol. The fourth-order valence-corrected chi connectivity index (χ4v) is 6.92. The average molecular weight is 576 g/mol. The summed E-state index contributed by atoms with van der Waals surface area (Å²) >= 11 is 0. The van der Waals surface area contributed by atoms with Crippen LogP contribution in [0.25, 0.3) is 77.2 Å². The lowest BCUT2D eigenvalue weighted by atomic mass is 10.0. The third kappa shape index (κ3) is 4.05. The fourth-order valence-electron chi connectivity index (χ4n) is 6.92. The lowest BCUT2D eigenvalue weighted by Gasteiger charge is -2.10. The van der Waals surface area contributed by atoms with Gasteiger partial charge in [-0.15, -0.1) is 0 Å². The van der Waals surface area contributed by atoms with E-state index in [9.17, 15) is 0 Å². The van der Waals surface area contributed by atoms with Crippen molar-refractivity contribution in [3.8, 4) is 33.6 Å². The Balaban J connectivity index is 1.19. The summed E-state index contributed by atoms with van der Waals surface area (Å²) in [5, 5.41) is 5.02. The number of hydrogen-bond acceptors (Lipinski definition) is 1. The first kappa shape index (κ1) is 25.4. The summed E-state index contributed by atoms with van der Waals surface area (Å²) in [6.07, 6.45) is 0. The predicted octanol–water partition coefficient (Wildman–Crippen LogP) is 10.8. The minimum atomic E-state index is 0.777. The van der Waals surface area contributed by atoms with Gasteiger partial charge in [0.15, 0.2) is 0 Å². The van der Waals surface area contributed by atoms with Gasteiger partial charge in [0.25, 0.3) is 0 Å². The summed E-state index contributed by atoms with van der Waals surface area (Å²) in [6, 6.07) is 58.7. The van der Waals surface area contributed by atoms with Gasteiger partial charge in [-0.2, -0.15) is 0 Å². The molecule has 0 saturated heterocycles. The molecule has 9 aromatic rings. The molecule has 2 heterocycles. The van der Waals surface area contributed by atoms with Gasteiger partial charge in [0.1, 0.15) is 0 Å². The number of benzene rings is 7. The summed E-state index contributed by atoms with van der Waals surface area (Å²) in [7, 11) is 0. The van der Waals surface area contributed by atoms with E-state index < -0.39 is 0 Å². The van der Waals surface area contributed by atoms with Crippen molar-refractivity contribution in [3.63, 3.8) is 0 Å². The van der Waals surface area contributed by atoms with Gasteiger partial charge in [-0.05, 0) is 95.1 Å². The summed E-state index contributed by atoms with van der Waals surface area (Å²) in [5.74, 6) is 0. The topological polar surface area (TPSA) is 35.9 Å². The third-order valence-electron chi connectivity index (χ3n) is 9.06. The molecule has 3 heteroatoms. The highest BCUT2D eigenvalue weighted by Crippen LogP contribution is 2.38. The zero-order valence-electron chi connectivity index (χ0n) is 24.6. The van der Waals surface area contributed by atoms with E-state index >= 15 is 0 Å². The summed E-state index contributed by atoms with van der Waals surface area (Å²) in [5.41, 5.74) is 18.6. The van der Waals surface area contributed by atoms with Crippen molar-refractivity contribution in [3.05, 3.63) is 164 Å². The maximum atomic E-state index is 5.91. The van der Waals surface area contributed by atoms with Crippen molar-refractivity contribution < 1.29 is 0 Å². The van der Waals surface area contributed by atoms with Crippen molar-refractivity contribution in [2.45, 2.75) is 0 Å². The molecule has 0 aliphatic carbocycles. The average Bonchev–Trinajstić information content (AvgIpc) is 3.61. The van der Waals surface area contributed by atoms with Gasteiger partial charge >= 0.3 is 0 Å². The van der Waals surface area contributed by atoms with E-state index in [1.54, 1.807) is 0 Å². The highest BCUT2D eigenvalue weighted by Gasteiger charge is 2.16. The van der Waals surface area contributed by atoms with E-state index in [0.717, 1.165) is 16.9 Å². The standard InChI is InChI=1S/C42H29N3/c43-32-20-14-28(15-21-32)29-16-22-34(23-17-29)45-40-13-7-5-11-36(40)38-27-31(19-25-42(38)45)30-18-24-41-37(26-30)35-10-4-6-12-39(35)44(41)33-8-2-1-3-9-33/h1-27H,43H2. The summed E-state index contributed by atoms with van der Waals surface area (Å²) in [4.78, 5) is 0. The van der Waals surface area contributed by atoms with Crippen LogP contribution in [0.5, 0.6) is 0 Å². The number of anilines is 1. The highest BCUT2D eigenvalue weighted by molar-refractivity contribution is 6.12. The van der Waals surface area contributed by atoms with Crippen molar-refractivity contribution >= 4 is 49.3 Å². The van der Waals surface area contributed by atoms with E-state index in [1.165, 1.54) is 66.0 Å². The quantitative estimate of drug-likeness (QED) is 0.208. The van der Waals surface area contributed by atoms with E-state index in [1.807, 2.05) is 12.1 Å². The Morgan fingerprint density at radius 3 is 1.24 bits per heavy atom. The molecule has 45 heavy (non-hydrogen) atoms. The number of rotatable bonds is 4. The van der Waals surface area contributed by atoms with Crippen LogP contribution in [0.2, 0.25) is 0 Å². The fraction of sp³-hybridized carbons (Fsp3) is 0. The van der Waals surface area contributed by atoms with Gasteiger partial charge in [-0.1, -0.05) is 91.0 Å². The molecule has 9 rings (SSSR count). The summed E-state index contributed by atoms with van der Waals surface area (Å²) < 4.78 is 4.74. The van der Waals surface area contributed by atoms with Crippen LogP contribution < -0.4 is 5.73 Å². The molecular formula is C42H29N3. The number of nitrogens with zero attached hydrogens (tertiary/aromatic N) is 2. The minimum Gasteiger partial charge on any atom is -0.399 e. The first-order valence-electron chi connectivity index (χ1n) is 15.3. The molecule has 0 saturated carbocycles. The number of aromatic nitrogens is 2. The molecule has 7 aromatic carbocycles. The van der Waals surface area contributed by atoms with Crippen molar-refractivity contribution in [2.24, 2.45) is 0 Å².